The lowest BCUT2D eigenvalue weighted by Gasteiger charge is -2.37. The number of aryl methyl sites for hydroxylation is 2. The first-order valence-corrected chi connectivity index (χ1v) is 11.1. The highest BCUT2D eigenvalue weighted by Crippen LogP contribution is 2.39. The zero-order chi connectivity index (χ0) is 22.2. The second kappa shape index (κ2) is 8.15. The smallest absolute Gasteiger partial charge is 0.338 e. The maximum atomic E-state index is 13.0. The van der Waals surface area contributed by atoms with Crippen molar-refractivity contribution in [3.05, 3.63) is 64.2 Å². The fourth-order valence-corrected chi connectivity index (χ4v) is 4.77. The van der Waals surface area contributed by atoms with Crippen LogP contribution in [0.2, 0.25) is 0 Å². The Morgan fingerprint density at radius 2 is 1.97 bits per heavy atom. The lowest BCUT2D eigenvalue weighted by molar-refractivity contribution is 0.0526. The average Bonchev–Trinajstić information content (AvgIpc) is 2.80. The van der Waals surface area contributed by atoms with Crippen molar-refractivity contribution < 1.29 is 18.7 Å². The van der Waals surface area contributed by atoms with E-state index in [0.29, 0.717) is 16.8 Å². The highest BCUT2D eigenvalue weighted by molar-refractivity contribution is 6.06. The predicted octanol–water partition coefficient (Wildman–Crippen LogP) is 4.04. The van der Waals surface area contributed by atoms with Crippen LogP contribution in [0.4, 0.5) is 11.4 Å². The molecule has 0 atom stereocenters. The van der Waals surface area contributed by atoms with Crippen LogP contribution >= 0.6 is 0 Å². The van der Waals surface area contributed by atoms with E-state index in [2.05, 4.69) is 16.3 Å². The van der Waals surface area contributed by atoms with Crippen LogP contribution in [0.15, 0.2) is 40.8 Å². The molecule has 2 aromatic carbocycles. The Hall–Kier alpha value is -3.61. The van der Waals surface area contributed by atoms with Crippen molar-refractivity contribution in [3.8, 4) is 0 Å². The molecule has 164 valence electrons. The molecule has 0 saturated heterocycles. The molecular formula is C25H25N3O4. The molecule has 0 radical (unpaired) electrons. The fourth-order valence-electron chi connectivity index (χ4n) is 4.77. The van der Waals surface area contributed by atoms with Gasteiger partial charge in [0.15, 0.2) is 0 Å². The maximum Gasteiger partial charge on any atom is 0.338 e. The van der Waals surface area contributed by atoms with Crippen LogP contribution in [0.25, 0.3) is 11.0 Å². The number of fused-ring (bicyclic) bond motifs is 2. The van der Waals surface area contributed by atoms with Crippen LogP contribution in [-0.4, -0.2) is 31.6 Å². The minimum atomic E-state index is -0.449. The molecule has 1 aromatic heterocycles. The normalized spacial score (nSPS) is 14.7. The Morgan fingerprint density at radius 3 is 2.78 bits per heavy atom. The summed E-state index contributed by atoms with van der Waals surface area (Å²) in [6.45, 7) is 4.14. The molecule has 7 nitrogen and oxygen atoms in total. The number of carbonyl (C=O) groups is 2. The number of anilines is 2. The van der Waals surface area contributed by atoms with Gasteiger partial charge in [0.25, 0.3) is 5.91 Å². The molecule has 0 bridgehead atoms. The molecule has 3 aromatic rings. The average molecular weight is 431 g/mol. The number of nitrogens with zero attached hydrogens (tertiary/aromatic N) is 1. The first kappa shape index (κ1) is 20.3. The summed E-state index contributed by atoms with van der Waals surface area (Å²) in [5.41, 5.74) is 5.24. The van der Waals surface area contributed by atoms with E-state index in [1.807, 2.05) is 0 Å². The Morgan fingerprint density at radius 1 is 1.16 bits per heavy atom. The minimum Gasteiger partial charge on any atom is -0.462 e. The van der Waals surface area contributed by atoms with Gasteiger partial charge in [-0.15, -0.1) is 0 Å². The summed E-state index contributed by atoms with van der Waals surface area (Å²) in [5, 5.41) is 12.0. The second-order valence-corrected chi connectivity index (χ2v) is 8.22. The molecule has 3 heterocycles. The molecule has 2 aliphatic heterocycles. The summed E-state index contributed by atoms with van der Waals surface area (Å²) in [6.07, 6.45) is 4.12. The lowest BCUT2D eigenvalue weighted by atomic mass is 9.90. The minimum absolute atomic E-state index is 0.162. The molecule has 1 amide bonds. The number of nitrogens with one attached hydrogen (secondary N) is 2. The van der Waals surface area contributed by atoms with Gasteiger partial charge in [-0.25, -0.2) is 4.79 Å². The Bertz CT molecular complexity index is 1290. The molecule has 2 N–H and O–H groups in total. The van der Waals surface area contributed by atoms with Gasteiger partial charge in [-0.05, 0) is 68.5 Å². The summed E-state index contributed by atoms with van der Waals surface area (Å²) < 4.78 is 10.9. The van der Waals surface area contributed by atoms with Crippen LogP contribution in [0, 0.1) is 5.41 Å². The Balaban J connectivity index is 1.50. The summed E-state index contributed by atoms with van der Waals surface area (Å²) in [6, 6.07) is 10.4. The monoisotopic (exact) mass is 431 g/mol. The number of rotatable bonds is 4. The van der Waals surface area contributed by atoms with Gasteiger partial charge in [-0.3, -0.25) is 10.2 Å². The van der Waals surface area contributed by atoms with Crippen molar-refractivity contribution in [2.75, 3.05) is 29.9 Å². The maximum absolute atomic E-state index is 13.0. The molecular weight excluding hydrogens is 406 g/mol. The van der Waals surface area contributed by atoms with Crippen LogP contribution in [0.3, 0.4) is 0 Å². The number of hydrogen-bond acceptors (Lipinski definition) is 6. The van der Waals surface area contributed by atoms with E-state index < -0.39 is 11.9 Å². The first-order chi connectivity index (χ1) is 15.5. The van der Waals surface area contributed by atoms with E-state index in [1.165, 1.54) is 11.3 Å². The van der Waals surface area contributed by atoms with Crippen LogP contribution in [0.5, 0.6) is 0 Å². The number of ether oxygens (including phenoxy) is 1. The van der Waals surface area contributed by atoms with E-state index in [9.17, 15) is 9.59 Å². The van der Waals surface area contributed by atoms with Gasteiger partial charge in [0, 0.05) is 35.4 Å². The summed E-state index contributed by atoms with van der Waals surface area (Å²) in [5.74, 6) is -0.895. The SMILES string of the molecule is CCOC(=O)c1cccc(NC(=O)c2cc3cc4c5c(c3oc2=N)CCCN5CCC4)c1. The van der Waals surface area contributed by atoms with Gasteiger partial charge >= 0.3 is 5.97 Å². The molecule has 0 saturated carbocycles. The van der Waals surface area contributed by atoms with Gasteiger partial charge in [-0.1, -0.05) is 6.07 Å². The van der Waals surface area contributed by atoms with E-state index in [4.69, 9.17) is 14.6 Å². The van der Waals surface area contributed by atoms with Gasteiger partial charge in [-0.2, -0.15) is 0 Å². The van der Waals surface area contributed by atoms with Crippen molar-refractivity contribution in [1.82, 2.24) is 0 Å². The van der Waals surface area contributed by atoms with Crippen molar-refractivity contribution in [3.63, 3.8) is 0 Å². The summed E-state index contributed by atoms with van der Waals surface area (Å²) in [7, 11) is 0. The number of hydrogen-bond donors (Lipinski definition) is 2. The number of esters is 1. The quantitative estimate of drug-likeness (QED) is 0.608. The molecule has 0 spiro atoms. The highest BCUT2D eigenvalue weighted by Gasteiger charge is 2.27. The van der Waals surface area contributed by atoms with Gasteiger partial charge in [0.1, 0.15) is 11.1 Å². The zero-order valence-electron chi connectivity index (χ0n) is 18.0. The number of amides is 1. The van der Waals surface area contributed by atoms with Crippen molar-refractivity contribution in [2.24, 2.45) is 0 Å². The summed E-state index contributed by atoms with van der Waals surface area (Å²) >= 11 is 0. The molecule has 2 aliphatic rings. The third kappa shape index (κ3) is 3.53. The lowest BCUT2D eigenvalue weighted by Crippen LogP contribution is -2.34. The van der Waals surface area contributed by atoms with E-state index in [1.54, 1.807) is 37.3 Å². The fraction of sp³-hybridized carbons (Fsp3) is 0.320. The van der Waals surface area contributed by atoms with Crippen molar-refractivity contribution in [1.29, 1.82) is 5.41 Å². The van der Waals surface area contributed by atoms with E-state index in [-0.39, 0.29) is 17.7 Å². The third-order valence-corrected chi connectivity index (χ3v) is 6.13. The van der Waals surface area contributed by atoms with Gasteiger partial charge in [0.2, 0.25) is 5.55 Å². The van der Waals surface area contributed by atoms with Crippen LogP contribution < -0.4 is 15.8 Å². The van der Waals surface area contributed by atoms with Crippen LogP contribution in [-0.2, 0) is 17.6 Å². The van der Waals surface area contributed by atoms with Crippen molar-refractivity contribution in [2.45, 2.75) is 32.6 Å². The Kier molecular flexibility index (Phi) is 5.17. The molecule has 0 unspecified atom stereocenters. The third-order valence-electron chi connectivity index (χ3n) is 6.13. The van der Waals surface area contributed by atoms with Gasteiger partial charge < -0.3 is 19.4 Å². The first-order valence-electron chi connectivity index (χ1n) is 11.1. The number of carbonyl (C=O) groups excluding carboxylic acids is 2. The standard InChI is InChI=1S/C25H25N3O4/c1-2-31-25(30)16-6-3-8-18(13-16)27-24(29)20-14-17-12-15-7-4-10-28-11-5-9-19(21(15)28)22(17)32-23(20)26/h3,6,8,12-14,26H,2,4-5,7,9-11H2,1H3,(H,27,29). The topological polar surface area (TPSA) is 95.6 Å². The Labute approximate surface area is 185 Å². The van der Waals surface area contributed by atoms with Crippen LogP contribution in [0.1, 0.15) is 51.6 Å². The van der Waals surface area contributed by atoms with E-state index >= 15 is 0 Å². The largest absolute Gasteiger partial charge is 0.462 e. The zero-order valence-corrected chi connectivity index (χ0v) is 18.0. The molecule has 7 heteroatoms. The molecule has 5 rings (SSSR count). The predicted molar refractivity (Wildman–Crippen MR) is 121 cm³/mol. The van der Waals surface area contributed by atoms with E-state index in [0.717, 1.165) is 49.7 Å². The highest BCUT2D eigenvalue weighted by atomic mass is 16.5. The molecule has 32 heavy (non-hydrogen) atoms. The molecule has 0 fully saturated rings. The summed E-state index contributed by atoms with van der Waals surface area (Å²) in [4.78, 5) is 27.4. The van der Waals surface area contributed by atoms with Gasteiger partial charge in [0.05, 0.1) is 12.2 Å². The number of benzene rings is 2. The second-order valence-electron chi connectivity index (χ2n) is 8.22. The molecule has 0 aliphatic carbocycles. The van der Waals surface area contributed by atoms with Crippen molar-refractivity contribution >= 4 is 34.2 Å².